The van der Waals surface area contributed by atoms with E-state index in [1.165, 1.54) is 0 Å². The van der Waals surface area contributed by atoms with Crippen LogP contribution in [-0.2, 0) is 11.2 Å². The maximum Gasteiger partial charge on any atom is 0.226 e. The summed E-state index contributed by atoms with van der Waals surface area (Å²) < 4.78 is 18.3. The molecule has 0 radical (unpaired) electrons. The molecule has 0 spiro atoms. The highest BCUT2D eigenvalue weighted by molar-refractivity contribution is 5.79. The second-order valence-electron chi connectivity index (χ2n) is 7.32. The Morgan fingerprint density at radius 2 is 1.77 bits per heavy atom. The summed E-state index contributed by atoms with van der Waals surface area (Å²) in [5.74, 6) is 1.73. The molecule has 2 aromatic heterocycles. The van der Waals surface area contributed by atoms with Crippen molar-refractivity contribution >= 4 is 17.1 Å². The van der Waals surface area contributed by atoms with Gasteiger partial charge in [0.15, 0.2) is 17.1 Å². The first-order valence-electron chi connectivity index (χ1n) is 9.98. The summed E-state index contributed by atoms with van der Waals surface area (Å²) in [7, 11) is 4.71. The summed E-state index contributed by atoms with van der Waals surface area (Å²) in [6, 6.07) is 7.82. The number of fused-ring (bicyclic) bond motifs is 1. The SMILES string of the molecule is COc1cc(CC(=O)N2CCC(n3cnc4cccnc43)CC2)cc(OC)c1OC. The first kappa shape index (κ1) is 20.0. The molecule has 1 saturated heterocycles. The second kappa shape index (κ2) is 8.61. The number of hydrogen-bond acceptors (Lipinski definition) is 6. The Labute approximate surface area is 175 Å². The van der Waals surface area contributed by atoms with Crippen LogP contribution >= 0.6 is 0 Å². The fourth-order valence-corrected chi connectivity index (χ4v) is 4.05. The highest BCUT2D eigenvalue weighted by atomic mass is 16.5. The Morgan fingerprint density at radius 3 is 2.40 bits per heavy atom. The average molecular weight is 410 g/mol. The van der Waals surface area contributed by atoms with Crippen molar-refractivity contribution in [3.63, 3.8) is 0 Å². The standard InChI is InChI=1S/C22H26N4O4/c1-28-18-11-15(12-19(29-2)21(18)30-3)13-20(27)25-9-6-16(7-10-25)26-14-24-17-5-4-8-23-22(17)26/h4-5,8,11-12,14,16H,6-7,9-10,13H2,1-3H3. The molecule has 0 saturated carbocycles. The van der Waals surface area contributed by atoms with Crippen LogP contribution in [0.3, 0.4) is 0 Å². The number of pyridine rings is 1. The van der Waals surface area contributed by atoms with Crippen molar-refractivity contribution in [1.82, 2.24) is 19.4 Å². The number of hydrogen-bond donors (Lipinski definition) is 0. The molecule has 1 fully saturated rings. The van der Waals surface area contributed by atoms with Gasteiger partial charge in [-0.2, -0.15) is 0 Å². The van der Waals surface area contributed by atoms with Crippen LogP contribution in [0.25, 0.3) is 11.2 Å². The largest absolute Gasteiger partial charge is 0.493 e. The Kier molecular flexibility index (Phi) is 5.74. The van der Waals surface area contributed by atoms with Crippen LogP contribution in [0.4, 0.5) is 0 Å². The average Bonchev–Trinajstić information content (AvgIpc) is 3.22. The van der Waals surface area contributed by atoms with E-state index in [9.17, 15) is 4.79 Å². The van der Waals surface area contributed by atoms with Gasteiger partial charge < -0.3 is 23.7 Å². The van der Waals surface area contributed by atoms with Gasteiger partial charge in [0, 0.05) is 25.3 Å². The maximum atomic E-state index is 12.9. The number of benzene rings is 1. The minimum absolute atomic E-state index is 0.0938. The van der Waals surface area contributed by atoms with Gasteiger partial charge in [-0.1, -0.05) is 0 Å². The smallest absolute Gasteiger partial charge is 0.226 e. The molecule has 4 rings (SSSR count). The normalized spacial score (nSPS) is 14.7. The van der Waals surface area contributed by atoms with Crippen molar-refractivity contribution in [3.8, 4) is 17.2 Å². The second-order valence-corrected chi connectivity index (χ2v) is 7.32. The van der Waals surface area contributed by atoms with Crippen molar-refractivity contribution < 1.29 is 19.0 Å². The third kappa shape index (κ3) is 3.77. The lowest BCUT2D eigenvalue weighted by Gasteiger charge is -2.32. The molecule has 1 aliphatic rings. The number of amides is 1. The van der Waals surface area contributed by atoms with Gasteiger partial charge in [0.2, 0.25) is 11.7 Å². The molecule has 3 aromatic rings. The highest BCUT2D eigenvalue weighted by Gasteiger charge is 2.25. The summed E-state index contributed by atoms with van der Waals surface area (Å²) in [5, 5.41) is 0. The Bertz CT molecular complexity index is 1020. The predicted octanol–water partition coefficient (Wildman–Crippen LogP) is 2.86. The first-order valence-corrected chi connectivity index (χ1v) is 9.98. The molecule has 158 valence electrons. The molecule has 0 aliphatic carbocycles. The van der Waals surface area contributed by atoms with Crippen molar-refractivity contribution in [2.75, 3.05) is 34.4 Å². The number of carbonyl (C=O) groups excluding carboxylic acids is 1. The Morgan fingerprint density at radius 1 is 1.07 bits per heavy atom. The molecule has 30 heavy (non-hydrogen) atoms. The van der Waals surface area contributed by atoms with Gasteiger partial charge in [-0.25, -0.2) is 9.97 Å². The van der Waals surface area contributed by atoms with E-state index in [1.807, 2.05) is 35.5 Å². The zero-order valence-corrected chi connectivity index (χ0v) is 17.5. The number of carbonyl (C=O) groups is 1. The number of imidazole rings is 1. The van der Waals surface area contributed by atoms with Gasteiger partial charge in [-0.15, -0.1) is 0 Å². The molecule has 3 heterocycles. The summed E-state index contributed by atoms with van der Waals surface area (Å²) in [5.41, 5.74) is 2.64. The van der Waals surface area contributed by atoms with E-state index in [2.05, 4.69) is 14.5 Å². The molecular formula is C22H26N4O4. The molecule has 0 N–H and O–H groups in total. The van der Waals surface area contributed by atoms with Crippen LogP contribution < -0.4 is 14.2 Å². The molecule has 1 aromatic carbocycles. The van der Waals surface area contributed by atoms with E-state index in [4.69, 9.17) is 14.2 Å². The quantitative estimate of drug-likeness (QED) is 0.622. The molecular weight excluding hydrogens is 384 g/mol. The van der Waals surface area contributed by atoms with Crippen LogP contribution in [0.1, 0.15) is 24.4 Å². The monoisotopic (exact) mass is 410 g/mol. The zero-order chi connectivity index (χ0) is 21.1. The van der Waals surface area contributed by atoms with E-state index < -0.39 is 0 Å². The summed E-state index contributed by atoms with van der Waals surface area (Å²) >= 11 is 0. The number of ether oxygens (including phenoxy) is 3. The number of methoxy groups -OCH3 is 3. The molecule has 1 aliphatic heterocycles. The van der Waals surface area contributed by atoms with Gasteiger partial charge in [-0.05, 0) is 42.7 Å². The maximum absolute atomic E-state index is 12.9. The van der Waals surface area contributed by atoms with Crippen molar-refractivity contribution in [2.45, 2.75) is 25.3 Å². The molecule has 0 unspecified atom stereocenters. The lowest BCUT2D eigenvalue weighted by molar-refractivity contribution is -0.131. The van der Waals surface area contributed by atoms with Gasteiger partial charge in [0.25, 0.3) is 0 Å². The fraction of sp³-hybridized carbons (Fsp3) is 0.409. The van der Waals surface area contributed by atoms with Gasteiger partial charge >= 0.3 is 0 Å². The van der Waals surface area contributed by atoms with Gasteiger partial charge in [0.1, 0.15) is 5.52 Å². The van der Waals surface area contributed by atoms with Crippen LogP contribution in [0, 0.1) is 0 Å². The first-order chi connectivity index (χ1) is 14.6. The lowest BCUT2D eigenvalue weighted by Crippen LogP contribution is -2.39. The van der Waals surface area contributed by atoms with Crippen molar-refractivity contribution in [2.24, 2.45) is 0 Å². The third-order valence-corrected chi connectivity index (χ3v) is 5.62. The van der Waals surface area contributed by atoms with E-state index >= 15 is 0 Å². The summed E-state index contributed by atoms with van der Waals surface area (Å²) in [6.07, 6.45) is 5.69. The summed E-state index contributed by atoms with van der Waals surface area (Å²) in [4.78, 5) is 23.7. The van der Waals surface area contributed by atoms with E-state index in [0.717, 1.165) is 29.6 Å². The van der Waals surface area contributed by atoms with Crippen molar-refractivity contribution in [3.05, 3.63) is 42.4 Å². The number of rotatable bonds is 6. The fourth-order valence-electron chi connectivity index (χ4n) is 4.05. The zero-order valence-electron chi connectivity index (χ0n) is 17.5. The Balaban J connectivity index is 1.42. The number of nitrogens with zero attached hydrogens (tertiary/aromatic N) is 4. The van der Waals surface area contributed by atoms with E-state index in [-0.39, 0.29) is 12.3 Å². The van der Waals surface area contributed by atoms with Crippen LogP contribution in [0.15, 0.2) is 36.8 Å². The van der Waals surface area contributed by atoms with Gasteiger partial charge in [0.05, 0.1) is 34.1 Å². The molecule has 0 bridgehead atoms. The highest BCUT2D eigenvalue weighted by Crippen LogP contribution is 2.38. The van der Waals surface area contributed by atoms with Gasteiger partial charge in [-0.3, -0.25) is 4.79 Å². The molecule has 1 amide bonds. The minimum atomic E-state index is 0.0938. The van der Waals surface area contributed by atoms with Crippen LogP contribution in [-0.4, -0.2) is 59.8 Å². The molecule has 0 atom stereocenters. The van der Waals surface area contributed by atoms with Crippen LogP contribution in [0.5, 0.6) is 17.2 Å². The number of likely N-dealkylation sites (tertiary alicyclic amines) is 1. The Hall–Kier alpha value is -3.29. The number of aromatic nitrogens is 3. The number of piperidine rings is 1. The predicted molar refractivity (Wildman–Crippen MR) is 112 cm³/mol. The van der Waals surface area contributed by atoms with E-state index in [0.29, 0.717) is 36.4 Å². The van der Waals surface area contributed by atoms with Crippen molar-refractivity contribution in [1.29, 1.82) is 0 Å². The topological polar surface area (TPSA) is 78.7 Å². The summed E-state index contributed by atoms with van der Waals surface area (Å²) in [6.45, 7) is 1.42. The molecule has 8 nitrogen and oxygen atoms in total. The minimum Gasteiger partial charge on any atom is -0.493 e. The van der Waals surface area contributed by atoms with E-state index in [1.54, 1.807) is 27.5 Å². The third-order valence-electron chi connectivity index (χ3n) is 5.62. The van der Waals surface area contributed by atoms with Crippen LogP contribution in [0.2, 0.25) is 0 Å². The lowest BCUT2D eigenvalue weighted by atomic mass is 10.0. The molecule has 8 heteroatoms.